The highest BCUT2D eigenvalue weighted by Gasteiger charge is 2.50. The summed E-state index contributed by atoms with van der Waals surface area (Å²) in [5, 5.41) is 12.9. The van der Waals surface area contributed by atoms with Crippen LogP contribution in [0.5, 0.6) is 5.75 Å². The number of hydrogen-bond acceptors (Lipinski definition) is 5. The smallest absolute Gasteiger partial charge is 0.246 e. The SMILES string of the molecule is CN1CC(=O)N2[C@@H](Cc3ccc(O)cc3)C(=O)N(Cc3cccc(F)c3)C[C@@H]2N1C(=O)CCc1ccccc1. The number of halogens is 1. The maximum atomic E-state index is 13.9. The van der Waals surface area contributed by atoms with Crippen LogP contribution in [0.3, 0.4) is 0 Å². The lowest BCUT2D eigenvalue weighted by Gasteiger charge is -2.54. The van der Waals surface area contributed by atoms with E-state index in [1.165, 1.54) is 29.2 Å². The quantitative estimate of drug-likeness (QED) is 0.508. The van der Waals surface area contributed by atoms with E-state index in [0.29, 0.717) is 12.0 Å². The Balaban J connectivity index is 1.46. The van der Waals surface area contributed by atoms with Crippen LogP contribution in [-0.4, -0.2) is 75.0 Å². The van der Waals surface area contributed by atoms with E-state index in [0.717, 1.165) is 11.1 Å². The summed E-state index contributed by atoms with van der Waals surface area (Å²) in [4.78, 5) is 44.0. The highest BCUT2D eigenvalue weighted by Crippen LogP contribution is 2.29. The second-order valence-electron chi connectivity index (χ2n) is 10.1. The third-order valence-electron chi connectivity index (χ3n) is 7.29. The van der Waals surface area contributed by atoms with Crippen LogP contribution in [0.15, 0.2) is 78.9 Å². The molecule has 2 saturated heterocycles. The number of likely N-dealkylation sites (N-methyl/N-ethyl adjacent to an activating group) is 1. The van der Waals surface area contributed by atoms with Gasteiger partial charge in [0.2, 0.25) is 17.7 Å². The van der Waals surface area contributed by atoms with Gasteiger partial charge in [0.15, 0.2) is 0 Å². The lowest BCUT2D eigenvalue weighted by atomic mass is 9.98. The van der Waals surface area contributed by atoms with Gasteiger partial charge in [-0.15, -0.1) is 0 Å². The van der Waals surface area contributed by atoms with Gasteiger partial charge >= 0.3 is 0 Å². The molecule has 3 aromatic rings. The molecular formula is C30H31FN4O4. The maximum Gasteiger partial charge on any atom is 0.246 e. The van der Waals surface area contributed by atoms with Crippen molar-refractivity contribution in [1.82, 2.24) is 19.8 Å². The predicted molar refractivity (Wildman–Crippen MR) is 142 cm³/mol. The number of carbonyl (C=O) groups excluding carboxylic acids is 3. The first-order valence-corrected chi connectivity index (χ1v) is 13.0. The van der Waals surface area contributed by atoms with Crippen LogP contribution in [0.2, 0.25) is 0 Å². The molecular weight excluding hydrogens is 499 g/mol. The van der Waals surface area contributed by atoms with E-state index in [2.05, 4.69) is 0 Å². The third-order valence-corrected chi connectivity index (χ3v) is 7.29. The number of nitrogens with zero attached hydrogens (tertiary/aromatic N) is 4. The first-order chi connectivity index (χ1) is 18.8. The molecule has 0 saturated carbocycles. The number of phenols is 1. The Morgan fingerprint density at radius 1 is 0.949 bits per heavy atom. The zero-order valence-electron chi connectivity index (χ0n) is 21.7. The molecule has 0 spiro atoms. The lowest BCUT2D eigenvalue weighted by molar-refractivity contribution is -0.202. The first kappa shape index (κ1) is 26.4. The number of phenolic OH excluding ortho intramolecular Hbond substituents is 1. The fourth-order valence-electron chi connectivity index (χ4n) is 5.44. The van der Waals surface area contributed by atoms with E-state index in [9.17, 15) is 23.9 Å². The number of aromatic hydroxyl groups is 1. The first-order valence-electron chi connectivity index (χ1n) is 13.0. The van der Waals surface area contributed by atoms with Crippen LogP contribution in [0.4, 0.5) is 4.39 Å². The van der Waals surface area contributed by atoms with Crippen molar-refractivity contribution in [3.8, 4) is 5.75 Å². The topological polar surface area (TPSA) is 84.4 Å². The Bertz CT molecular complexity index is 1350. The Hall–Kier alpha value is -4.24. The summed E-state index contributed by atoms with van der Waals surface area (Å²) < 4.78 is 13.9. The van der Waals surface area contributed by atoms with Crippen molar-refractivity contribution in [1.29, 1.82) is 0 Å². The monoisotopic (exact) mass is 530 g/mol. The van der Waals surface area contributed by atoms with Crippen molar-refractivity contribution in [2.24, 2.45) is 0 Å². The molecule has 2 heterocycles. The van der Waals surface area contributed by atoms with Crippen molar-refractivity contribution in [2.45, 2.75) is 38.0 Å². The Kier molecular flexibility index (Phi) is 7.60. The molecule has 0 unspecified atom stereocenters. The van der Waals surface area contributed by atoms with Crippen LogP contribution in [-0.2, 0) is 33.8 Å². The fraction of sp³-hybridized carbons (Fsp3) is 0.300. The zero-order valence-corrected chi connectivity index (χ0v) is 21.7. The number of carbonyl (C=O) groups is 3. The minimum Gasteiger partial charge on any atom is -0.508 e. The summed E-state index contributed by atoms with van der Waals surface area (Å²) in [6, 6.07) is 21.4. The number of piperazine rings is 1. The molecule has 2 aliphatic rings. The molecule has 0 aromatic heterocycles. The lowest BCUT2D eigenvalue weighted by Crippen LogP contribution is -2.75. The minimum absolute atomic E-state index is 0.0309. The Morgan fingerprint density at radius 3 is 2.38 bits per heavy atom. The maximum absolute atomic E-state index is 13.9. The molecule has 39 heavy (non-hydrogen) atoms. The second kappa shape index (κ2) is 11.2. The summed E-state index contributed by atoms with van der Waals surface area (Å²) in [5.41, 5.74) is 2.43. The van der Waals surface area contributed by atoms with Crippen molar-refractivity contribution >= 4 is 17.7 Å². The molecule has 2 atom stereocenters. The van der Waals surface area contributed by atoms with Gasteiger partial charge in [-0.2, -0.15) is 0 Å². The van der Waals surface area contributed by atoms with Gasteiger partial charge in [0.25, 0.3) is 0 Å². The van der Waals surface area contributed by atoms with E-state index in [1.807, 2.05) is 30.3 Å². The summed E-state index contributed by atoms with van der Waals surface area (Å²) in [6.07, 6.45) is 0.311. The molecule has 8 nitrogen and oxygen atoms in total. The molecule has 9 heteroatoms. The number of aryl methyl sites for hydroxylation is 1. The molecule has 3 amide bonds. The van der Waals surface area contributed by atoms with Crippen molar-refractivity contribution in [2.75, 3.05) is 20.1 Å². The van der Waals surface area contributed by atoms with E-state index in [4.69, 9.17) is 0 Å². The average molecular weight is 531 g/mol. The summed E-state index contributed by atoms with van der Waals surface area (Å²) in [7, 11) is 1.71. The summed E-state index contributed by atoms with van der Waals surface area (Å²) >= 11 is 0. The van der Waals surface area contributed by atoms with Gasteiger partial charge in [-0.1, -0.05) is 54.6 Å². The predicted octanol–water partition coefficient (Wildman–Crippen LogP) is 2.96. The number of hydrazine groups is 1. The average Bonchev–Trinajstić information content (AvgIpc) is 2.91. The molecule has 2 aliphatic heterocycles. The van der Waals surface area contributed by atoms with Crippen LogP contribution >= 0.6 is 0 Å². The molecule has 2 fully saturated rings. The van der Waals surface area contributed by atoms with Crippen LogP contribution in [0, 0.1) is 5.82 Å². The molecule has 3 aromatic carbocycles. The molecule has 1 N–H and O–H groups in total. The van der Waals surface area contributed by atoms with Gasteiger partial charge in [-0.25, -0.2) is 9.40 Å². The second-order valence-corrected chi connectivity index (χ2v) is 10.1. The number of rotatable bonds is 7. The normalized spacial score (nSPS) is 19.8. The molecule has 0 radical (unpaired) electrons. The fourth-order valence-corrected chi connectivity index (χ4v) is 5.44. The third kappa shape index (κ3) is 5.78. The highest BCUT2D eigenvalue weighted by molar-refractivity contribution is 5.91. The number of benzene rings is 3. The Labute approximate surface area is 226 Å². The van der Waals surface area contributed by atoms with Gasteiger partial charge in [-0.05, 0) is 47.4 Å². The van der Waals surface area contributed by atoms with Gasteiger partial charge in [0.1, 0.15) is 23.8 Å². The van der Waals surface area contributed by atoms with Gasteiger partial charge in [0, 0.05) is 26.4 Å². The van der Waals surface area contributed by atoms with Gasteiger partial charge in [-0.3, -0.25) is 19.4 Å². The number of hydrogen-bond donors (Lipinski definition) is 1. The van der Waals surface area contributed by atoms with Gasteiger partial charge < -0.3 is 14.9 Å². The molecule has 0 bridgehead atoms. The van der Waals surface area contributed by atoms with E-state index in [1.54, 1.807) is 46.2 Å². The summed E-state index contributed by atoms with van der Waals surface area (Å²) in [5.74, 6) is -0.947. The number of fused-ring (bicyclic) bond motifs is 1. The van der Waals surface area contributed by atoms with E-state index >= 15 is 0 Å². The molecule has 5 rings (SSSR count). The highest BCUT2D eigenvalue weighted by atomic mass is 19.1. The molecule has 202 valence electrons. The van der Waals surface area contributed by atoms with E-state index in [-0.39, 0.29) is 55.9 Å². The van der Waals surface area contributed by atoms with Crippen molar-refractivity contribution in [3.63, 3.8) is 0 Å². The van der Waals surface area contributed by atoms with Crippen LogP contribution in [0.1, 0.15) is 23.1 Å². The molecule has 0 aliphatic carbocycles. The van der Waals surface area contributed by atoms with E-state index < -0.39 is 18.0 Å². The number of amides is 3. The standard InChI is InChI=1S/C30H31FN4O4/c1-32-20-29(38)34-26(17-22-10-13-25(36)14-11-22)30(39)33(18-23-8-5-9-24(31)16-23)19-27(34)35(32)28(37)15-12-21-6-3-2-4-7-21/h2-11,13-14,16,26-27,36H,12,15,17-20H2,1H3/t26-,27-/m0/s1. The summed E-state index contributed by atoms with van der Waals surface area (Å²) in [6.45, 7) is 0.225. The van der Waals surface area contributed by atoms with Crippen molar-refractivity contribution in [3.05, 3.63) is 101 Å². The van der Waals surface area contributed by atoms with Crippen LogP contribution in [0.25, 0.3) is 0 Å². The largest absolute Gasteiger partial charge is 0.508 e. The van der Waals surface area contributed by atoms with Crippen molar-refractivity contribution < 1.29 is 23.9 Å². The minimum atomic E-state index is -0.854. The zero-order chi connectivity index (χ0) is 27.5. The Morgan fingerprint density at radius 2 is 1.67 bits per heavy atom. The van der Waals surface area contributed by atoms with Gasteiger partial charge in [0.05, 0.1) is 13.1 Å². The van der Waals surface area contributed by atoms with Crippen LogP contribution < -0.4 is 0 Å².